The summed E-state index contributed by atoms with van der Waals surface area (Å²) in [4.78, 5) is 11.8. The highest BCUT2D eigenvalue weighted by molar-refractivity contribution is 6.49. The van der Waals surface area contributed by atoms with Crippen molar-refractivity contribution in [3.63, 3.8) is 0 Å². The van der Waals surface area contributed by atoms with Gasteiger partial charge in [0.2, 0.25) is 5.71 Å². The van der Waals surface area contributed by atoms with E-state index in [1.807, 2.05) is 25.1 Å². The Morgan fingerprint density at radius 3 is 2.57 bits per heavy atom. The predicted molar refractivity (Wildman–Crippen MR) is 53.7 cm³/mol. The summed E-state index contributed by atoms with van der Waals surface area (Å²) in [6, 6.07) is 7.37. The lowest BCUT2D eigenvalue weighted by molar-refractivity contribution is -0.422. The lowest BCUT2D eigenvalue weighted by atomic mass is 10.0. The molecule has 0 saturated heterocycles. The van der Waals surface area contributed by atoms with Crippen molar-refractivity contribution in [2.24, 2.45) is 0 Å². The van der Waals surface area contributed by atoms with Gasteiger partial charge in [-0.25, -0.2) is 4.74 Å². The maximum absolute atomic E-state index is 11.8. The monoisotopic (exact) mass is 189 g/mol. The lowest BCUT2D eigenvalue weighted by Gasteiger charge is -2.04. The van der Waals surface area contributed by atoms with E-state index in [1.165, 1.54) is 7.05 Å². The molecule has 0 aromatic heterocycles. The molecule has 1 aliphatic rings. The highest BCUT2D eigenvalue weighted by atomic mass is 16.5. The van der Waals surface area contributed by atoms with E-state index < -0.39 is 0 Å². The maximum atomic E-state index is 11.8. The van der Waals surface area contributed by atoms with Crippen molar-refractivity contribution in [1.29, 1.82) is 0 Å². The van der Waals surface area contributed by atoms with Gasteiger partial charge in [0.25, 0.3) is 5.78 Å². The van der Waals surface area contributed by atoms with E-state index in [1.54, 1.807) is 6.07 Å². The van der Waals surface area contributed by atoms with Crippen LogP contribution in [0.1, 0.15) is 28.8 Å². The summed E-state index contributed by atoms with van der Waals surface area (Å²) in [5.41, 5.74) is 1.96. The topological polar surface area (TPSA) is 43.1 Å². The van der Waals surface area contributed by atoms with Crippen LogP contribution in [0.5, 0.6) is 0 Å². The molecule has 0 aliphatic heterocycles. The first-order valence-electron chi connectivity index (χ1n) is 4.54. The Kier molecular flexibility index (Phi) is 1.88. The second kappa shape index (κ2) is 2.94. The fourth-order valence-corrected chi connectivity index (χ4v) is 1.98. The van der Waals surface area contributed by atoms with Crippen LogP contribution >= 0.6 is 0 Å². The van der Waals surface area contributed by atoms with Gasteiger partial charge in [-0.2, -0.15) is 0 Å². The molecular formula is C11H11NO2. The van der Waals surface area contributed by atoms with Crippen LogP contribution in [-0.4, -0.2) is 23.3 Å². The average Bonchev–Trinajstić information content (AvgIpc) is 2.41. The Morgan fingerprint density at radius 1 is 1.36 bits per heavy atom. The number of carbonyl (C=O) groups is 1. The standard InChI is InChI=1S/C11H11NO2/c1-7-8-5-3-4-6-9(8)11(13)10(7)12(2)14/h3-7H,1-2H3/b12-10+. The van der Waals surface area contributed by atoms with Crippen LogP contribution in [0.3, 0.4) is 0 Å². The number of benzene rings is 1. The Morgan fingerprint density at radius 2 is 2.00 bits per heavy atom. The number of Topliss-reactive ketones (excluding diaryl/α,β-unsaturated/α-hetero) is 1. The first-order chi connectivity index (χ1) is 6.63. The maximum Gasteiger partial charge on any atom is 0.253 e. The minimum absolute atomic E-state index is 0.0822. The highest BCUT2D eigenvalue weighted by Gasteiger charge is 2.38. The zero-order chi connectivity index (χ0) is 10.3. The minimum Gasteiger partial charge on any atom is -0.624 e. The lowest BCUT2D eigenvalue weighted by Crippen LogP contribution is -2.20. The van der Waals surface area contributed by atoms with E-state index in [0.29, 0.717) is 16.0 Å². The zero-order valence-corrected chi connectivity index (χ0v) is 8.15. The van der Waals surface area contributed by atoms with Crippen molar-refractivity contribution in [2.75, 3.05) is 7.05 Å². The number of hydrogen-bond donors (Lipinski definition) is 0. The van der Waals surface area contributed by atoms with Crippen molar-refractivity contribution in [1.82, 2.24) is 0 Å². The van der Waals surface area contributed by atoms with E-state index >= 15 is 0 Å². The van der Waals surface area contributed by atoms with Crippen molar-refractivity contribution in [3.05, 3.63) is 40.6 Å². The number of hydroxylamine groups is 1. The molecule has 0 saturated carbocycles. The minimum atomic E-state index is -0.134. The highest BCUT2D eigenvalue weighted by Crippen LogP contribution is 2.29. The number of fused-ring (bicyclic) bond motifs is 1. The Bertz CT molecular complexity index is 431. The van der Waals surface area contributed by atoms with E-state index in [2.05, 4.69) is 0 Å². The van der Waals surface area contributed by atoms with Gasteiger partial charge >= 0.3 is 0 Å². The number of carbonyl (C=O) groups excluding carboxylic acids is 1. The molecule has 0 heterocycles. The van der Waals surface area contributed by atoms with Crippen LogP contribution in [-0.2, 0) is 0 Å². The molecule has 0 fully saturated rings. The van der Waals surface area contributed by atoms with Gasteiger partial charge in [0.1, 0.15) is 7.05 Å². The molecule has 1 aromatic carbocycles. The molecule has 0 bridgehead atoms. The molecule has 0 N–H and O–H groups in total. The van der Waals surface area contributed by atoms with Gasteiger partial charge in [-0.15, -0.1) is 0 Å². The Balaban J connectivity index is 2.66. The molecule has 0 radical (unpaired) electrons. The van der Waals surface area contributed by atoms with Crippen molar-refractivity contribution in [3.8, 4) is 0 Å². The third-order valence-electron chi connectivity index (χ3n) is 2.65. The van der Waals surface area contributed by atoms with Crippen LogP contribution in [0.2, 0.25) is 0 Å². The average molecular weight is 189 g/mol. The molecule has 3 nitrogen and oxygen atoms in total. The van der Waals surface area contributed by atoms with Crippen molar-refractivity contribution in [2.45, 2.75) is 12.8 Å². The molecule has 72 valence electrons. The molecule has 0 spiro atoms. The Hall–Kier alpha value is -1.64. The van der Waals surface area contributed by atoms with Gasteiger partial charge in [0, 0.05) is 5.56 Å². The summed E-state index contributed by atoms with van der Waals surface area (Å²) in [6.45, 7) is 1.88. The molecule has 14 heavy (non-hydrogen) atoms. The van der Waals surface area contributed by atoms with Gasteiger partial charge in [-0.1, -0.05) is 24.3 Å². The van der Waals surface area contributed by atoms with Crippen LogP contribution in [0.4, 0.5) is 0 Å². The first kappa shape index (κ1) is 8.94. The van der Waals surface area contributed by atoms with Gasteiger partial charge in [0.15, 0.2) is 0 Å². The second-order valence-electron chi connectivity index (χ2n) is 3.52. The van der Waals surface area contributed by atoms with Crippen molar-refractivity contribution >= 4 is 11.5 Å². The Labute approximate surface area is 82.3 Å². The van der Waals surface area contributed by atoms with E-state index in [4.69, 9.17) is 0 Å². The quantitative estimate of drug-likeness (QED) is 0.353. The summed E-state index contributed by atoms with van der Waals surface area (Å²) in [7, 11) is 1.37. The smallest absolute Gasteiger partial charge is 0.253 e. The molecule has 1 aromatic rings. The van der Waals surface area contributed by atoms with Gasteiger partial charge in [-0.05, 0) is 12.5 Å². The number of rotatable bonds is 0. The fourth-order valence-electron chi connectivity index (χ4n) is 1.98. The summed E-state index contributed by atoms with van der Waals surface area (Å²) in [5, 5.41) is 11.2. The van der Waals surface area contributed by atoms with Crippen LogP contribution in [0.25, 0.3) is 0 Å². The van der Waals surface area contributed by atoms with Gasteiger partial charge in [0.05, 0.1) is 5.92 Å². The van der Waals surface area contributed by atoms with Crippen LogP contribution < -0.4 is 0 Å². The second-order valence-corrected chi connectivity index (χ2v) is 3.52. The normalized spacial score (nSPS) is 23.6. The van der Waals surface area contributed by atoms with Crippen LogP contribution in [0.15, 0.2) is 24.3 Å². The summed E-state index contributed by atoms with van der Waals surface area (Å²) in [6.07, 6.45) is 0. The van der Waals surface area contributed by atoms with Crippen molar-refractivity contribution < 1.29 is 9.53 Å². The summed E-state index contributed by atoms with van der Waals surface area (Å²) in [5.74, 6) is -0.216. The molecule has 2 rings (SSSR count). The van der Waals surface area contributed by atoms with E-state index in [0.717, 1.165) is 5.56 Å². The summed E-state index contributed by atoms with van der Waals surface area (Å²) < 4.78 is 0.674. The first-order valence-corrected chi connectivity index (χ1v) is 4.54. The fraction of sp³-hybridized carbons (Fsp3) is 0.273. The SMILES string of the molecule is CC1/C(=[N+](/C)[O-])C(=O)c2ccccc21. The molecule has 1 atom stereocenters. The third kappa shape index (κ3) is 1.05. The molecule has 0 amide bonds. The largest absolute Gasteiger partial charge is 0.624 e. The van der Waals surface area contributed by atoms with Crippen LogP contribution in [0, 0.1) is 5.21 Å². The van der Waals surface area contributed by atoms with Gasteiger partial charge < -0.3 is 5.21 Å². The van der Waals surface area contributed by atoms with Gasteiger partial charge in [-0.3, -0.25) is 4.79 Å². The number of hydrogen-bond acceptors (Lipinski definition) is 2. The molecule has 1 unspecified atom stereocenters. The number of ketones is 1. The number of nitrogens with zero attached hydrogens (tertiary/aromatic N) is 1. The van der Waals surface area contributed by atoms with E-state index in [9.17, 15) is 10.0 Å². The predicted octanol–water partition coefficient (Wildman–Crippen LogP) is 1.57. The summed E-state index contributed by atoms with van der Waals surface area (Å²) >= 11 is 0. The molecule has 3 heteroatoms. The molecule has 1 aliphatic carbocycles. The van der Waals surface area contributed by atoms with E-state index in [-0.39, 0.29) is 11.7 Å². The third-order valence-corrected chi connectivity index (χ3v) is 2.65. The zero-order valence-electron chi connectivity index (χ0n) is 8.15. The molecular weight excluding hydrogens is 178 g/mol.